The molecular weight excluding hydrogens is 407 g/mol. The van der Waals surface area contributed by atoms with E-state index in [1.807, 2.05) is 25.1 Å². The highest BCUT2D eigenvalue weighted by molar-refractivity contribution is 9.10. The molecule has 3 N–H and O–H groups in total. The van der Waals surface area contributed by atoms with Gasteiger partial charge in [0.1, 0.15) is 0 Å². The molecule has 0 fully saturated rings. The van der Waals surface area contributed by atoms with E-state index in [0.717, 1.165) is 56.1 Å². The molecule has 0 aliphatic carbocycles. The maximum atomic E-state index is 6.48. The molecule has 1 aromatic heterocycles. The van der Waals surface area contributed by atoms with Gasteiger partial charge in [0.2, 0.25) is 0 Å². The van der Waals surface area contributed by atoms with E-state index < -0.39 is 0 Å². The highest BCUT2D eigenvalue weighted by atomic mass is 79.9. The van der Waals surface area contributed by atoms with E-state index in [4.69, 9.17) is 28.9 Å². The minimum Gasteiger partial charge on any atom is -0.354 e. The molecule has 0 bridgehead atoms. The third-order valence-corrected chi connectivity index (χ3v) is 5.59. The summed E-state index contributed by atoms with van der Waals surface area (Å²) in [6.07, 6.45) is 3.01. The standard InChI is InChI=1S/C19H19BrCl2N2/c1-11-16(21)8-6-14-13(4-2-3-9-23)19(24-18(11)14)15-10-12(20)5-7-17(15)22/h5-8,10,24H,2-4,9,23H2,1H3. The molecule has 5 heteroatoms. The van der Waals surface area contributed by atoms with Gasteiger partial charge in [0.15, 0.2) is 0 Å². The molecule has 0 aliphatic heterocycles. The number of nitrogens with one attached hydrogen (secondary N) is 1. The number of aromatic amines is 1. The second-order valence-corrected chi connectivity index (χ2v) is 7.67. The number of hydrogen-bond donors (Lipinski definition) is 2. The highest BCUT2D eigenvalue weighted by Crippen LogP contribution is 2.38. The minimum atomic E-state index is 0.709. The van der Waals surface area contributed by atoms with Gasteiger partial charge in [-0.3, -0.25) is 0 Å². The Kier molecular flexibility index (Phi) is 5.56. The zero-order chi connectivity index (χ0) is 17.3. The van der Waals surface area contributed by atoms with Crippen molar-refractivity contribution in [3.8, 4) is 11.3 Å². The zero-order valence-electron chi connectivity index (χ0n) is 13.4. The van der Waals surface area contributed by atoms with E-state index in [2.05, 4.69) is 33.0 Å². The Morgan fingerprint density at radius 1 is 1.08 bits per heavy atom. The van der Waals surface area contributed by atoms with Gasteiger partial charge in [-0.2, -0.15) is 0 Å². The molecular formula is C19H19BrCl2N2. The molecule has 3 rings (SSSR count). The van der Waals surface area contributed by atoms with Crippen molar-refractivity contribution >= 4 is 50.0 Å². The van der Waals surface area contributed by atoms with Crippen molar-refractivity contribution in [2.45, 2.75) is 26.2 Å². The predicted octanol–water partition coefficient (Wildman–Crippen LogP) is 6.49. The van der Waals surface area contributed by atoms with Crippen molar-refractivity contribution in [2.75, 3.05) is 6.54 Å². The van der Waals surface area contributed by atoms with Crippen LogP contribution in [-0.4, -0.2) is 11.5 Å². The first-order chi connectivity index (χ1) is 11.5. The third kappa shape index (κ3) is 3.36. The second kappa shape index (κ2) is 7.49. The van der Waals surface area contributed by atoms with Crippen LogP contribution in [0.4, 0.5) is 0 Å². The minimum absolute atomic E-state index is 0.709. The molecule has 0 aliphatic rings. The number of nitrogens with two attached hydrogens (primary N) is 1. The highest BCUT2D eigenvalue weighted by Gasteiger charge is 2.17. The van der Waals surface area contributed by atoms with Crippen molar-refractivity contribution in [1.82, 2.24) is 4.98 Å². The van der Waals surface area contributed by atoms with Crippen LogP contribution in [0.3, 0.4) is 0 Å². The van der Waals surface area contributed by atoms with Crippen LogP contribution in [0.25, 0.3) is 22.2 Å². The zero-order valence-corrected chi connectivity index (χ0v) is 16.5. The summed E-state index contributed by atoms with van der Waals surface area (Å²) in [4.78, 5) is 3.56. The van der Waals surface area contributed by atoms with E-state index in [1.54, 1.807) is 0 Å². The van der Waals surface area contributed by atoms with Crippen LogP contribution in [-0.2, 0) is 6.42 Å². The van der Waals surface area contributed by atoms with Crippen LogP contribution in [0, 0.1) is 6.92 Å². The van der Waals surface area contributed by atoms with E-state index in [1.165, 1.54) is 10.9 Å². The summed E-state index contributed by atoms with van der Waals surface area (Å²) in [7, 11) is 0. The second-order valence-electron chi connectivity index (χ2n) is 5.94. The number of H-pyrrole nitrogens is 1. The molecule has 0 atom stereocenters. The molecule has 3 aromatic rings. The molecule has 0 amide bonds. The van der Waals surface area contributed by atoms with Gasteiger partial charge in [0.25, 0.3) is 0 Å². The maximum Gasteiger partial charge on any atom is 0.0512 e. The Morgan fingerprint density at radius 2 is 1.83 bits per heavy atom. The maximum absolute atomic E-state index is 6.48. The van der Waals surface area contributed by atoms with Crippen molar-refractivity contribution in [2.24, 2.45) is 5.73 Å². The molecule has 0 saturated heterocycles. The number of benzene rings is 2. The number of aromatic nitrogens is 1. The van der Waals surface area contributed by atoms with E-state index in [0.29, 0.717) is 6.54 Å². The van der Waals surface area contributed by atoms with Gasteiger partial charge in [-0.05, 0) is 68.1 Å². The van der Waals surface area contributed by atoms with Crippen molar-refractivity contribution in [3.05, 3.63) is 56.0 Å². The first-order valence-electron chi connectivity index (χ1n) is 7.98. The molecule has 2 nitrogen and oxygen atoms in total. The van der Waals surface area contributed by atoms with Gasteiger partial charge in [0, 0.05) is 25.5 Å². The predicted molar refractivity (Wildman–Crippen MR) is 108 cm³/mol. The van der Waals surface area contributed by atoms with Gasteiger partial charge in [0.05, 0.1) is 11.2 Å². The van der Waals surface area contributed by atoms with Crippen LogP contribution in [0.1, 0.15) is 24.0 Å². The molecule has 2 aromatic carbocycles. The average Bonchev–Trinajstić information content (AvgIpc) is 2.93. The Bertz CT molecular complexity index is 887. The van der Waals surface area contributed by atoms with E-state index >= 15 is 0 Å². The first kappa shape index (κ1) is 17.8. The largest absolute Gasteiger partial charge is 0.354 e. The Morgan fingerprint density at radius 3 is 2.58 bits per heavy atom. The Hall–Kier alpha value is -1.00. The van der Waals surface area contributed by atoms with Crippen LogP contribution in [0.2, 0.25) is 10.0 Å². The van der Waals surface area contributed by atoms with Crippen LogP contribution in [0.15, 0.2) is 34.8 Å². The van der Waals surface area contributed by atoms with Crippen molar-refractivity contribution < 1.29 is 0 Å². The molecule has 0 unspecified atom stereocenters. The summed E-state index contributed by atoms with van der Waals surface area (Å²) >= 11 is 16.3. The fraction of sp³-hybridized carbons (Fsp3) is 0.263. The summed E-state index contributed by atoms with van der Waals surface area (Å²) in [6.45, 7) is 2.75. The quantitative estimate of drug-likeness (QED) is 0.450. The molecule has 0 spiro atoms. The average molecular weight is 426 g/mol. The monoisotopic (exact) mass is 424 g/mol. The van der Waals surface area contributed by atoms with E-state index in [9.17, 15) is 0 Å². The Labute approximate surface area is 160 Å². The smallest absolute Gasteiger partial charge is 0.0512 e. The molecule has 0 saturated carbocycles. The lowest BCUT2D eigenvalue weighted by Crippen LogP contribution is -1.99. The summed E-state index contributed by atoms with van der Waals surface area (Å²) < 4.78 is 1.00. The normalized spacial score (nSPS) is 11.4. The number of aryl methyl sites for hydroxylation is 2. The molecule has 24 heavy (non-hydrogen) atoms. The lowest BCUT2D eigenvalue weighted by Gasteiger charge is -2.08. The Balaban J connectivity index is 2.23. The number of fused-ring (bicyclic) bond motifs is 1. The molecule has 0 radical (unpaired) electrons. The SMILES string of the molecule is Cc1c(Cl)ccc2c(CCCCN)c(-c3cc(Br)ccc3Cl)[nH]c12. The number of rotatable bonds is 5. The van der Waals surface area contributed by atoms with Crippen LogP contribution in [0.5, 0.6) is 0 Å². The fourth-order valence-corrected chi connectivity index (χ4v) is 3.79. The van der Waals surface area contributed by atoms with Gasteiger partial charge >= 0.3 is 0 Å². The van der Waals surface area contributed by atoms with Gasteiger partial charge in [-0.25, -0.2) is 0 Å². The van der Waals surface area contributed by atoms with Crippen LogP contribution < -0.4 is 5.73 Å². The van der Waals surface area contributed by atoms with E-state index in [-0.39, 0.29) is 0 Å². The number of hydrogen-bond acceptors (Lipinski definition) is 1. The summed E-state index contributed by atoms with van der Waals surface area (Å²) in [5.74, 6) is 0. The van der Waals surface area contributed by atoms with Crippen molar-refractivity contribution in [3.63, 3.8) is 0 Å². The van der Waals surface area contributed by atoms with Gasteiger partial charge in [-0.15, -0.1) is 0 Å². The number of halogens is 3. The fourth-order valence-electron chi connectivity index (χ4n) is 3.06. The summed E-state index contributed by atoms with van der Waals surface area (Å²) in [5.41, 5.74) is 11.2. The topological polar surface area (TPSA) is 41.8 Å². The number of unbranched alkanes of at least 4 members (excludes halogenated alkanes) is 1. The lowest BCUT2D eigenvalue weighted by atomic mass is 9.99. The summed E-state index contributed by atoms with van der Waals surface area (Å²) in [6, 6.07) is 9.97. The van der Waals surface area contributed by atoms with Gasteiger partial charge < -0.3 is 10.7 Å². The van der Waals surface area contributed by atoms with Crippen LogP contribution >= 0.6 is 39.1 Å². The lowest BCUT2D eigenvalue weighted by molar-refractivity contribution is 0.748. The van der Waals surface area contributed by atoms with Crippen molar-refractivity contribution in [1.29, 1.82) is 0 Å². The molecule has 126 valence electrons. The first-order valence-corrected chi connectivity index (χ1v) is 9.53. The molecule has 1 heterocycles. The third-order valence-electron chi connectivity index (χ3n) is 4.35. The summed E-state index contributed by atoms with van der Waals surface area (Å²) in [5, 5.41) is 2.71. The van der Waals surface area contributed by atoms with Gasteiger partial charge in [-0.1, -0.05) is 45.2 Å².